The first-order valence-corrected chi connectivity index (χ1v) is 6.79. The first-order valence-electron chi connectivity index (χ1n) is 6.01. The Morgan fingerprint density at radius 1 is 1.59 bits per heavy atom. The molecule has 0 aliphatic carbocycles. The molecule has 1 aromatic heterocycles. The molecule has 1 aromatic rings. The van der Waals surface area contributed by atoms with Crippen LogP contribution in [0.25, 0.3) is 0 Å². The zero-order valence-electron chi connectivity index (χ0n) is 10.4. The maximum atomic E-state index is 5.65. The molecular weight excluding hydrogens is 238 g/mol. The molecule has 1 unspecified atom stereocenters. The van der Waals surface area contributed by atoms with E-state index in [0.29, 0.717) is 12.7 Å². The Balaban J connectivity index is 1.94. The van der Waals surface area contributed by atoms with Crippen molar-refractivity contribution >= 4 is 16.7 Å². The summed E-state index contributed by atoms with van der Waals surface area (Å²) < 4.78 is 15.0. The second-order valence-electron chi connectivity index (χ2n) is 4.08. The fourth-order valence-electron chi connectivity index (χ4n) is 1.81. The molecule has 0 amide bonds. The van der Waals surface area contributed by atoms with E-state index in [1.165, 1.54) is 11.5 Å². The van der Waals surface area contributed by atoms with Crippen molar-refractivity contribution in [3.63, 3.8) is 0 Å². The van der Waals surface area contributed by atoms with Crippen molar-refractivity contribution in [1.29, 1.82) is 0 Å². The second kappa shape index (κ2) is 6.28. The number of aromatic nitrogens is 2. The van der Waals surface area contributed by atoms with E-state index in [4.69, 9.17) is 9.47 Å². The summed E-state index contributed by atoms with van der Waals surface area (Å²) in [4.78, 5) is 6.81. The van der Waals surface area contributed by atoms with Crippen molar-refractivity contribution in [3.8, 4) is 0 Å². The van der Waals surface area contributed by atoms with Gasteiger partial charge < -0.3 is 14.4 Å². The molecule has 0 aromatic carbocycles. The first-order chi connectivity index (χ1) is 8.33. The number of anilines is 1. The third kappa shape index (κ3) is 3.37. The lowest BCUT2D eigenvalue weighted by Crippen LogP contribution is -2.42. The highest BCUT2D eigenvalue weighted by Gasteiger charge is 2.21. The van der Waals surface area contributed by atoms with Gasteiger partial charge in [0.05, 0.1) is 19.3 Å². The molecule has 5 nitrogen and oxygen atoms in total. The van der Waals surface area contributed by atoms with Crippen molar-refractivity contribution < 1.29 is 9.47 Å². The fraction of sp³-hybridized carbons (Fsp3) is 0.818. The highest BCUT2D eigenvalue weighted by molar-refractivity contribution is 7.09. The van der Waals surface area contributed by atoms with Crippen molar-refractivity contribution in [1.82, 2.24) is 9.36 Å². The minimum absolute atomic E-state index is 0.329. The molecule has 1 fully saturated rings. The maximum Gasteiger partial charge on any atom is 0.205 e. The Hall–Kier alpha value is -0.720. The number of nitrogens with zero attached hydrogens (tertiary/aromatic N) is 3. The molecule has 0 spiro atoms. The average Bonchev–Trinajstić information content (AvgIpc) is 2.85. The largest absolute Gasteiger partial charge is 0.384 e. The molecular formula is C11H19N3O2S. The van der Waals surface area contributed by atoms with Crippen molar-refractivity contribution in [2.45, 2.75) is 25.9 Å². The van der Waals surface area contributed by atoms with Crippen molar-refractivity contribution in [2.24, 2.45) is 0 Å². The molecule has 6 heteroatoms. The molecule has 2 heterocycles. The summed E-state index contributed by atoms with van der Waals surface area (Å²) in [7, 11) is 1.70. The lowest BCUT2D eigenvalue weighted by atomic mass is 10.2. The summed E-state index contributed by atoms with van der Waals surface area (Å²) in [6.07, 6.45) is 2.16. The van der Waals surface area contributed by atoms with Gasteiger partial charge in [-0.25, -0.2) is 4.98 Å². The number of hydrogen-bond acceptors (Lipinski definition) is 6. The van der Waals surface area contributed by atoms with Crippen LogP contribution in [0.4, 0.5) is 5.13 Å². The highest BCUT2D eigenvalue weighted by atomic mass is 32.1. The van der Waals surface area contributed by atoms with Gasteiger partial charge in [-0.1, -0.05) is 6.92 Å². The smallest absolute Gasteiger partial charge is 0.205 e. The van der Waals surface area contributed by atoms with Gasteiger partial charge in [0, 0.05) is 38.2 Å². The van der Waals surface area contributed by atoms with E-state index < -0.39 is 0 Å². The van der Waals surface area contributed by atoms with Gasteiger partial charge in [-0.15, -0.1) is 0 Å². The van der Waals surface area contributed by atoms with Crippen LogP contribution in [0.15, 0.2) is 0 Å². The normalized spacial score (nSPS) is 20.8. The number of rotatable bonds is 5. The van der Waals surface area contributed by atoms with E-state index in [1.54, 1.807) is 7.11 Å². The molecule has 1 aliphatic heterocycles. The second-order valence-corrected chi connectivity index (χ2v) is 4.81. The predicted molar refractivity (Wildman–Crippen MR) is 67.7 cm³/mol. The average molecular weight is 257 g/mol. The summed E-state index contributed by atoms with van der Waals surface area (Å²) in [5.41, 5.74) is 0. The fourth-order valence-corrected chi connectivity index (χ4v) is 2.55. The van der Waals surface area contributed by atoms with Gasteiger partial charge in [-0.3, -0.25) is 0 Å². The summed E-state index contributed by atoms with van der Waals surface area (Å²) in [5, 5.41) is 1.01. The van der Waals surface area contributed by atoms with E-state index in [1.807, 2.05) is 0 Å². The monoisotopic (exact) mass is 257 g/mol. The molecule has 1 saturated heterocycles. The Kier molecular flexibility index (Phi) is 4.70. The van der Waals surface area contributed by atoms with Gasteiger partial charge in [0.15, 0.2) is 0 Å². The molecule has 0 radical (unpaired) electrons. The number of methoxy groups -OCH3 is 1. The van der Waals surface area contributed by atoms with Crippen LogP contribution in [-0.4, -0.2) is 48.9 Å². The third-order valence-electron chi connectivity index (χ3n) is 2.85. The van der Waals surface area contributed by atoms with Gasteiger partial charge in [0.2, 0.25) is 5.13 Å². The van der Waals surface area contributed by atoms with Crippen molar-refractivity contribution in [2.75, 3.05) is 38.3 Å². The van der Waals surface area contributed by atoms with Gasteiger partial charge >= 0.3 is 0 Å². The molecule has 0 saturated carbocycles. The Morgan fingerprint density at radius 2 is 2.47 bits per heavy atom. The van der Waals surface area contributed by atoms with Crippen LogP contribution in [0.5, 0.6) is 0 Å². The maximum absolute atomic E-state index is 5.65. The summed E-state index contributed by atoms with van der Waals surface area (Å²) in [5.74, 6) is 0.881. The Labute approximate surface area is 106 Å². The van der Waals surface area contributed by atoms with Gasteiger partial charge in [0.1, 0.15) is 5.82 Å². The number of morpholine rings is 1. The van der Waals surface area contributed by atoms with E-state index in [0.717, 1.165) is 43.5 Å². The molecule has 1 aliphatic rings. The Bertz CT molecular complexity index is 345. The van der Waals surface area contributed by atoms with Crippen LogP contribution in [-0.2, 0) is 15.9 Å². The first kappa shape index (κ1) is 12.7. The van der Waals surface area contributed by atoms with E-state index in [9.17, 15) is 0 Å². The lowest BCUT2D eigenvalue weighted by Gasteiger charge is -2.31. The van der Waals surface area contributed by atoms with Gasteiger partial charge in [-0.2, -0.15) is 4.37 Å². The van der Waals surface area contributed by atoms with Gasteiger partial charge in [-0.05, 0) is 6.42 Å². The zero-order chi connectivity index (χ0) is 12.1. The predicted octanol–water partition coefficient (Wildman–Crippen LogP) is 1.34. The zero-order valence-corrected chi connectivity index (χ0v) is 11.2. The SMILES string of the molecule is CCC1CN(c2nc(CCOC)ns2)CCO1. The molecule has 96 valence electrons. The molecule has 0 bridgehead atoms. The van der Waals surface area contributed by atoms with Crippen LogP contribution in [0.2, 0.25) is 0 Å². The third-order valence-corrected chi connectivity index (χ3v) is 3.67. The van der Waals surface area contributed by atoms with E-state index in [2.05, 4.69) is 21.2 Å². The molecule has 1 atom stereocenters. The summed E-state index contributed by atoms with van der Waals surface area (Å²) in [6, 6.07) is 0. The molecule has 2 rings (SSSR count). The standard InChI is InChI=1S/C11H19N3O2S/c1-3-9-8-14(5-7-16-9)11-12-10(13-17-11)4-6-15-2/h9H,3-8H2,1-2H3. The van der Waals surface area contributed by atoms with Crippen LogP contribution in [0.1, 0.15) is 19.2 Å². The van der Waals surface area contributed by atoms with Gasteiger partial charge in [0.25, 0.3) is 0 Å². The van der Waals surface area contributed by atoms with Crippen LogP contribution < -0.4 is 4.90 Å². The topological polar surface area (TPSA) is 47.5 Å². The van der Waals surface area contributed by atoms with E-state index in [-0.39, 0.29) is 0 Å². The lowest BCUT2D eigenvalue weighted by molar-refractivity contribution is 0.0384. The van der Waals surface area contributed by atoms with Crippen LogP contribution in [0, 0.1) is 0 Å². The number of hydrogen-bond donors (Lipinski definition) is 0. The minimum Gasteiger partial charge on any atom is -0.384 e. The van der Waals surface area contributed by atoms with E-state index >= 15 is 0 Å². The minimum atomic E-state index is 0.329. The summed E-state index contributed by atoms with van der Waals surface area (Å²) >= 11 is 1.47. The van der Waals surface area contributed by atoms with Crippen LogP contribution >= 0.6 is 11.5 Å². The summed E-state index contributed by atoms with van der Waals surface area (Å²) in [6.45, 7) is 5.45. The molecule has 17 heavy (non-hydrogen) atoms. The highest BCUT2D eigenvalue weighted by Crippen LogP contribution is 2.21. The number of ether oxygens (including phenoxy) is 2. The molecule has 0 N–H and O–H groups in total. The Morgan fingerprint density at radius 3 is 3.24 bits per heavy atom. The van der Waals surface area contributed by atoms with Crippen molar-refractivity contribution in [3.05, 3.63) is 5.82 Å². The quantitative estimate of drug-likeness (QED) is 0.796. The van der Waals surface area contributed by atoms with Crippen LogP contribution in [0.3, 0.4) is 0 Å².